The van der Waals surface area contributed by atoms with Crippen LogP contribution in [-0.2, 0) is 11.2 Å². The third-order valence-corrected chi connectivity index (χ3v) is 7.08. The Morgan fingerprint density at radius 2 is 1.90 bits per heavy atom. The molecule has 3 aromatic rings. The molecule has 2 aromatic carbocycles. The number of amides is 1. The molecular formula is C30H41N5O4. The zero-order valence-corrected chi connectivity index (χ0v) is 24.3. The second kappa shape index (κ2) is 11.7. The van der Waals surface area contributed by atoms with Crippen molar-refractivity contribution in [3.05, 3.63) is 41.6 Å². The molecule has 2 atom stereocenters. The van der Waals surface area contributed by atoms with Gasteiger partial charge in [0.1, 0.15) is 17.1 Å². The molecule has 4 rings (SSSR count). The zero-order valence-electron chi connectivity index (χ0n) is 24.3. The van der Waals surface area contributed by atoms with E-state index in [1.54, 1.807) is 19.1 Å². The number of ether oxygens (including phenoxy) is 3. The van der Waals surface area contributed by atoms with Gasteiger partial charge in [-0.2, -0.15) is 0 Å². The molecule has 1 amide bonds. The summed E-state index contributed by atoms with van der Waals surface area (Å²) in [6.45, 7) is 11.1. The van der Waals surface area contributed by atoms with Crippen LogP contribution >= 0.6 is 0 Å². The molecule has 9 heteroatoms. The lowest BCUT2D eigenvalue weighted by molar-refractivity contribution is 0.0227. The highest BCUT2D eigenvalue weighted by Crippen LogP contribution is 2.40. The Hall–Kier alpha value is -3.59. The van der Waals surface area contributed by atoms with E-state index in [-0.39, 0.29) is 18.2 Å². The number of likely N-dealkylation sites (N-methyl/N-ethyl adjacent to an activating group) is 1. The number of likely N-dealkylation sites (tertiary alicyclic amines) is 1. The first kappa shape index (κ1) is 28.4. The fourth-order valence-corrected chi connectivity index (χ4v) is 5.36. The van der Waals surface area contributed by atoms with Crippen LogP contribution in [0.25, 0.3) is 22.0 Å². The number of nitrogens with one attached hydrogen (secondary N) is 2. The van der Waals surface area contributed by atoms with Crippen molar-refractivity contribution >= 4 is 22.9 Å². The van der Waals surface area contributed by atoms with Crippen molar-refractivity contribution in [1.29, 1.82) is 0 Å². The van der Waals surface area contributed by atoms with Crippen LogP contribution in [-0.4, -0.2) is 73.0 Å². The van der Waals surface area contributed by atoms with E-state index in [1.807, 2.05) is 46.1 Å². The highest BCUT2D eigenvalue weighted by Gasteiger charge is 2.37. The largest absolute Gasteiger partial charge is 0.496 e. The Morgan fingerprint density at radius 3 is 2.54 bits per heavy atom. The number of benzene rings is 2. The maximum Gasteiger partial charge on any atom is 0.410 e. The minimum Gasteiger partial charge on any atom is -0.496 e. The van der Waals surface area contributed by atoms with Crippen molar-refractivity contribution in [2.45, 2.75) is 65.1 Å². The third-order valence-electron chi connectivity index (χ3n) is 7.08. The second-order valence-electron chi connectivity index (χ2n) is 11.0. The number of methoxy groups -OCH3 is 2. The number of aromatic nitrogens is 2. The van der Waals surface area contributed by atoms with Crippen molar-refractivity contribution in [3.63, 3.8) is 0 Å². The van der Waals surface area contributed by atoms with Crippen LogP contribution in [0.5, 0.6) is 11.5 Å². The standard InChI is InChI=1S/C30H41N5O4/c1-9-23-26(38-8)14-25(37-7)18(2)27(23)19-10-11-24-20(12-19)15-32-28(34-24)33-21-13-22(16-31-6)35(17-21)29(36)39-30(3,4)5/h10-12,14-15,21-22,31H,9,13,16-17H2,1-8H3,(H,32,33,34). The maximum atomic E-state index is 12.8. The molecule has 2 N–H and O–H groups in total. The van der Waals surface area contributed by atoms with Gasteiger partial charge in [0.15, 0.2) is 0 Å². The van der Waals surface area contributed by atoms with Crippen LogP contribution in [0.1, 0.15) is 45.2 Å². The van der Waals surface area contributed by atoms with E-state index in [0.717, 1.165) is 57.5 Å². The van der Waals surface area contributed by atoms with Gasteiger partial charge in [0, 0.05) is 48.4 Å². The Kier molecular flexibility index (Phi) is 8.49. The van der Waals surface area contributed by atoms with E-state index in [0.29, 0.717) is 19.0 Å². The van der Waals surface area contributed by atoms with Gasteiger partial charge in [-0.15, -0.1) is 0 Å². The van der Waals surface area contributed by atoms with Crippen LogP contribution in [0.2, 0.25) is 0 Å². The molecule has 1 aromatic heterocycles. The Morgan fingerprint density at radius 1 is 1.15 bits per heavy atom. The van der Waals surface area contributed by atoms with Gasteiger partial charge in [0.25, 0.3) is 0 Å². The maximum absolute atomic E-state index is 12.8. The molecule has 0 radical (unpaired) electrons. The Labute approximate surface area is 231 Å². The second-order valence-corrected chi connectivity index (χ2v) is 11.0. The predicted molar refractivity (Wildman–Crippen MR) is 155 cm³/mol. The van der Waals surface area contributed by atoms with E-state index in [9.17, 15) is 4.79 Å². The van der Waals surface area contributed by atoms with Gasteiger partial charge in [-0.25, -0.2) is 14.8 Å². The van der Waals surface area contributed by atoms with E-state index < -0.39 is 5.60 Å². The van der Waals surface area contributed by atoms with Gasteiger partial charge >= 0.3 is 6.09 Å². The third kappa shape index (κ3) is 6.19. The first-order valence-corrected chi connectivity index (χ1v) is 13.5. The lowest BCUT2D eigenvalue weighted by atomic mass is 9.91. The van der Waals surface area contributed by atoms with Crippen LogP contribution < -0.4 is 20.1 Å². The number of hydrogen-bond acceptors (Lipinski definition) is 8. The summed E-state index contributed by atoms with van der Waals surface area (Å²) in [6.07, 6.45) is 3.15. The fourth-order valence-electron chi connectivity index (χ4n) is 5.36. The number of carbonyl (C=O) groups excluding carboxylic acids is 1. The van der Waals surface area contributed by atoms with Crippen molar-refractivity contribution in [3.8, 4) is 22.6 Å². The van der Waals surface area contributed by atoms with Crippen molar-refractivity contribution in [1.82, 2.24) is 20.2 Å². The molecule has 1 aliphatic rings. The molecule has 0 saturated carbocycles. The summed E-state index contributed by atoms with van der Waals surface area (Å²) in [7, 11) is 5.26. The van der Waals surface area contributed by atoms with Crippen molar-refractivity contribution in [2.24, 2.45) is 0 Å². The van der Waals surface area contributed by atoms with E-state index in [4.69, 9.17) is 19.2 Å². The van der Waals surface area contributed by atoms with Crippen LogP contribution in [0.15, 0.2) is 30.5 Å². The quantitative estimate of drug-likeness (QED) is 0.407. The number of carbonyl (C=O) groups is 1. The average molecular weight is 536 g/mol. The van der Waals surface area contributed by atoms with E-state index >= 15 is 0 Å². The highest BCUT2D eigenvalue weighted by molar-refractivity contribution is 5.87. The molecule has 210 valence electrons. The number of anilines is 1. The summed E-state index contributed by atoms with van der Waals surface area (Å²) in [5.41, 5.74) is 4.69. The summed E-state index contributed by atoms with van der Waals surface area (Å²) in [5.74, 6) is 2.16. The van der Waals surface area contributed by atoms with Gasteiger partial charge in [0.05, 0.1) is 19.7 Å². The SMILES string of the molecule is CCc1c(OC)cc(OC)c(C)c1-c1ccc2nc(NC3CC(CNC)N(C(=O)OC(C)(C)C)C3)ncc2c1. The van der Waals surface area contributed by atoms with Gasteiger partial charge in [-0.05, 0) is 76.4 Å². The van der Waals surface area contributed by atoms with Crippen molar-refractivity contribution < 1.29 is 19.0 Å². The first-order valence-electron chi connectivity index (χ1n) is 13.5. The Bertz CT molecular complexity index is 1340. The molecule has 2 unspecified atom stereocenters. The summed E-state index contributed by atoms with van der Waals surface area (Å²) in [4.78, 5) is 24.0. The van der Waals surface area contributed by atoms with Gasteiger partial charge in [-0.1, -0.05) is 13.0 Å². The lowest BCUT2D eigenvalue weighted by Crippen LogP contribution is -2.43. The molecule has 9 nitrogen and oxygen atoms in total. The topological polar surface area (TPSA) is 97.8 Å². The minimum atomic E-state index is -0.542. The zero-order chi connectivity index (χ0) is 28.3. The number of rotatable bonds is 8. The normalized spacial score (nSPS) is 17.4. The number of fused-ring (bicyclic) bond motifs is 1. The molecule has 2 heterocycles. The van der Waals surface area contributed by atoms with E-state index in [2.05, 4.69) is 41.6 Å². The van der Waals surface area contributed by atoms with Gasteiger partial charge in [0.2, 0.25) is 5.95 Å². The average Bonchev–Trinajstić information content (AvgIpc) is 3.29. The summed E-state index contributed by atoms with van der Waals surface area (Å²) in [5, 5.41) is 7.57. The van der Waals surface area contributed by atoms with Crippen LogP contribution in [0.3, 0.4) is 0 Å². The molecule has 39 heavy (non-hydrogen) atoms. The first-order chi connectivity index (χ1) is 18.6. The molecule has 0 aliphatic carbocycles. The highest BCUT2D eigenvalue weighted by atomic mass is 16.6. The van der Waals surface area contributed by atoms with Crippen molar-refractivity contribution in [2.75, 3.05) is 39.7 Å². The van der Waals surface area contributed by atoms with Gasteiger partial charge < -0.3 is 29.7 Å². The summed E-state index contributed by atoms with van der Waals surface area (Å²) >= 11 is 0. The smallest absolute Gasteiger partial charge is 0.410 e. The van der Waals surface area contributed by atoms with Gasteiger partial charge in [-0.3, -0.25) is 0 Å². The molecule has 0 spiro atoms. The van der Waals surface area contributed by atoms with Crippen LogP contribution in [0.4, 0.5) is 10.7 Å². The monoisotopic (exact) mass is 535 g/mol. The molecule has 0 bridgehead atoms. The number of hydrogen-bond donors (Lipinski definition) is 2. The summed E-state index contributed by atoms with van der Waals surface area (Å²) < 4.78 is 17.0. The van der Waals surface area contributed by atoms with E-state index in [1.165, 1.54) is 0 Å². The molecule has 1 fully saturated rings. The molecule has 1 aliphatic heterocycles. The Balaban J connectivity index is 1.58. The predicted octanol–water partition coefficient (Wildman–Crippen LogP) is 5.19. The van der Waals surface area contributed by atoms with Crippen LogP contribution in [0, 0.1) is 6.92 Å². The molecule has 1 saturated heterocycles. The minimum absolute atomic E-state index is 0.0200. The molecular weight excluding hydrogens is 494 g/mol. The fraction of sp³-hybridized carbons (Fsp3) is 0.500. The lowest BCUT2D eigenvalue weighted by Gasteiger charge is -2.28. The number of nitrogens with zero attached hydrogens (tertiary/aromatic N) is 3. The summed E-state index contributed by atoms with van der Waals surface area (Å²) in [6, 6.07) is 8.22.